The first kappa shape index (κ1) is 15.5. The molecule has 4 heteroatoms. The molecule has 1 aliphatic carbocycles. The van der Waals surface area contributed by atoms with Gasteiger partial charge in [0.1, 0.15) is 5.82 Å². The largest absolute Gasteiger partial charge is 0.341 e. The first-order chi connectivity index (χ1) is 10.7. The van der Waals surface area contributed by atoms with Crippen LogP contribution in [0, 0.1) is 11.7 Å². The second-order valence-electron chi connectivity index (χ2n) is 6.56. The van der Waals surface area contributed by atoms with Crippen molar-refractivity contribution in [1.29, 1.82) is 0 Å². The molecule has 2 aliphatic rings. The van der Waals surface area contributed by atoms with Crippen LogP contribution in [0.15, 0.2) is 24.3 Å². The molecule has 1 saturated heterocycles. The Hall–Kier alpha value is -1.42. The van der Waals surface area contributed by atoms with Gasteiger partial charge in [-0.15, -0.1) is 0 Å². The van der Waals surface area contributed by atoms with Crippen LogP contribution in [0.4, 0.5) is 4.39 Å². The van der Waals surface area contributed by atoms with E-state index in [9.17, 15) is 9.18 Å². The molecule has 1 saturated carbocycles. The molecule has 0 unspecified atom stereocenters. The maximum Gasteiger partial charge on any atom is 0.225 e. The monoisotopic (exact) mass is 304 g/mol. The van der Waals surface area contributed by atoms with Crippen LogP contribution in [0.25, 0.3) is 0 Å². The van der Waals surface area contributed by atoms with Crippen molar-refractivity contribution >= 4 is 5.91 Å². The Kier molecular flexibility index (Phi) is 5.08. The summed E-state index contributed by atoms with van der Waals surface area (Å²) in [6.07, 6.45) is 5.60. The number of carbonyl (C=O) groups excluding carboxylic acids is 1. The van der Waals surface area contributed by atoms with Crippen LogP contribution in [0.5, 0.6) is 0 Å². The number of carbonyl (C=O) groups is 1. The van der Waals surface area contributed by atoms with Crippen LogP contribution in [0.3, 0.4) is 0 Å². The lowest BCUT2D eigenvalue weighted by atomic mass is 10.1. The lowest BCUT2D eigenvalue weighted by molar-refractivity contribution is -0.135. The number of rotatable bonds is 3. The highest BCUT2D eigenvalue weighted by atomic mass is 19.1. The zero-order valence-electron chi connectivity index (χ0n) is 13.1. The van der Waals surface area contributed by atoms with Gasteiger partial charge in [0.05, 0.1) is 0 Å². The van der Waals surface area contributed by atoms with E-state index in [1.807, 2.05) is 12.1 Å². The molecule has 2 fully saturated rings. The highest BCUT2D eigenvalue weighted by molar-refractivity contribution is 5.79. The van der Waals surface area contributed by atoms with Crippen LogP contribution in [0.1, 0.15) is 37.7 Å². The van der Waals surface area contributed by atoms with Crippen LogP contribution < -0.4 is 0 Å². The minimum absolute atomic E-state index is 0.187. The van der Waals surface area contributed by atoms with Gasteiger partial charge in [-0.2, -0.15) is 0 Å². The highest BCUT2D eigenvalue weighted by Crippen LogP contribution is 2.27. The maximum atomic E-state index is 13.0. The third-order valence-electron chi connectivity index (χ3n) is 4.92. The van der Waals surface area contributed by atoms with Gasteiger partial charge in [-0.3, -0.25) is 9.69 Å². The van der Waals surface area contributed by atoms with Crippen LogP contribution in [-0.4, -0.2) is 41.9 Å². The summed E-state index contributed by atoms with van der Waals surface area (Å²) < 4.78 is 13.0. The summed E-state index contributed by atoms with van der Waals surface area (Å²) in [5, 5.41) is 0. The fraction of sp³-hybridized carbons (Fsp3) is 0.611. The van der Waals surface area contributed by atoms with E-state index in [0.717, 1.165) is 57.5 Å². The third-order valence-corrected chi connectivity index (χ3v) is 4.92. The summed E-state index contributed by atoms with van der Waals surface area (Å²) >= 11 is 0. The molecule has 0 N–H and O–H groups in total. The second kappa shape index (κ2) is 7.23. The molecule has 1 aliphatic heterocycles. The van der Waals surface area contributed by atoms with E-state index in [1.54, 1.807) is 0 Å². The SMILES string of the molecule is O=C(C1CCCC1)N1CCCN(Cc2ccc(F)cc2)CC1. The first-order valence-corrected chi connectivity index (χ1v) is 8.48. The summed E-state index contributed by atoms with van der Waals surface area (Å²) in [7, 11) is 0. The van der Waals surface area contributed by atoms with Crippen molar-refractivity contribution < 1.29 is 9.18 Å². The Morgan fingerprint density at radius 3 is 2.45 bits per heavy atom. The molecule has 1 aromatic rings. The predicted molar refractivity (Wildman–Crippen MR) is 84.8 cm³/mol. The van der Waals surface area contributed by atoms with Crippen molar-refractivity contribution in [1.82, 2.24) is 9.80 Å². The molecule has 3 nitrogen and oxygen atoms in total. The Labute approximate surface area is 132 Å². The zero-order valence-corrected chi connectivity index (χ0v) is 13.1. The molecule has 0 spiro atoms. The second-order valence-corrected chi connectivity index (χ2v) is 6.56. The lowest BCUT2D eigenvalue weighted by Crippen LogP contribution is -2.38. The molecular formula is C18H25FN2O. The van der Waals surface area contributed by atoms with Gasteiger partial charge in [-0.05, 0) is 37.0 Å². The predicted octanol–water partition coefficient (Wildman–Crippen LogP) is 3.05. The van der Waals surface area contributed by atoms with E-state index < -0.39 is 0 Å². The minimum Gasteiger partial charge on any atom is -0.341 e. The van der Waals surface area contributed by atoms with Crippen LogP contribution in [0.2, 0.25) is 0 Å². The standard InChI is InChI=1S/C18H25FN2O/c19-17-8-6-15(7-9-17)14-20-10-3-11-21(13-12-20)18(22)16-4-1-2-5-16/h6-9,16H,1-5,10-14H2. The van der Waals surface area contributed by atoms with Crippen molar-refractivity contribution in [3.05, 3.63) is 35.6 Å². The maximum absolute atomic E-state index is 13.0. The average molecular weight is 304 g/mol. The molecule has 0 atom stereocenters. The number of nitrogens with zero attached hydrogens (tertiary/aromatic N) is 2. The molecule has 3 rings (SSSR count). The van der Waals surface area contributed by atoms with Gasteiger partial charge in [0.2, 0.25) is 5.91 Å². The van der Waals surface area contributed by atoms with Gasteiger partial charge in [0, 0.05) is 38.6 Å². The highest BCUT2D eigenvalue weighted by Gasteiger charge is 2.28. The summed E-state index contributed by atoms with van der Waals surface area (Å²) in [5.41, 5.74) is 1.14. The third kappa shape index (κ3) is 3.86. The average Bonchev–Trinajstić information content (AvgIpc) is 2.96. The summed E-state index contributed by atoms with van der Waals surface area (Å²) in [4.78, 5) is 17.0. The van der Waals surface area contributed by atoms with Gasteiger partial charge in [0.25, 0.3) is 0 Å². The van der Waals surface area contributed by atoms with Gasteiger partial charge >= 0.3 is 0 Å². The Morgan fingerprint density at radius 2 is 1.73 bits per heavy atom. The topological polar surface area (TPSA) is 23.6 Å². The molecule has 1 heterocycles. The fourth-order valence-corrected chi connectivity index (χ4v) is 3.63. The van der Waals surface area contributed by atoms with Gasteiger partial charge in [-0.25, -0.2) is 4.39 Å². The molecule has 0 aromatic heterocycles. The van der Waals surface area contributed by atoms with Crippen LogP contribution >= 0.6 is 0 Å². The van der Waals surface area contributed by atoms with E-state index >= 15 is 0 Å². The Bertz CT molecular complexity index is 496. The number of benzene rings is 1. The molecule has 120 valence electrons. The minimum atomic E-state index is -0.187. The number of hydrogen-bond donors (Lipinski definition) is 0. The normalized spacial score (nSPS) is 21.0. The lowest BCUT2D eigenvalue weighted by Gasteiger charge is -2.24. The van der Waals surface area contributed by atoms with Gasteiger partial charge < -0.3 is 4.90 Å². The summed E-state index contributed by atoms with van der Waals surface area (Å²) in [6.45, 7) is 4.47. The van der Waals surface area contributed by atoms with E-state index in [-0.39, 0.29) is 11.7 Å². The molecular weight excluding hydrogens is 279 g/mol. The number of hydrogen-bond acceptors (Lipinski definition) is 2. The van der Waals surface area contributed by atoms with E-state index in [1.165, 1.54) is 25.0 Å². The molecule has 1 aromatic carbocycles. The Morgan fingerprint density at radius 1 is 1.00 bits per heavy atom. The van der Waals surface area contributed by atoms with Gasteiger partial charge in [-0.1, -0.05) is 25.0 Å². The number of halogens is 1. The van der Waals surface area contributed by atoms with Crippen molar-refractivity contribution in [2.75, 3.05) is 26.2 Å². The first-order valence-electron chi connectivity index (χ1n) is 8.48. The molecule has 1 amide bonds. The van der Waals surface area contributed by atoms with Crippen molar-refractivity contribution in [3.63, 3.8) is 0 Å². The van der Waals surface area contributed by atoms with Crippen molar-refractivity contribution in [2.45, 2.75) is 38.6 Å². The van der Waals surface area contributed by atoms with E-state index in [0.29, 0.717) is 5.91 Å². The quantitative estimate of drug-likeness (QED) is 0.857. The number of amides is 1. The zero-order chi connectivity index (χ0) is 15.4. The molecule has 22 heavy (non-hydrogen) atoms. The van der Waals surface area contributed by atoms with E-state index in [2.05, 4.69) is 9.80 Å². The fourth-order valence-electron chi connectivity index (χ4n) is 3.63. The van der Waals surface area contributed by atoms with E-state index in [4.69, 9.17) is 0 Å². The van der Waals surface area contributed by atoms with Crippen molar-refractivity contribution in [2.24, 2.45) is 5.92 Å². The smallest absolute Gasteiger partial charge is 0.225 e. The summed E-state index contributed by atoms with van der Waals surface area (Å²) in [6, 6.07) is 6.73. The summed E-state index contributed by atoms with van der Waals surface area (Å²) in [5.74, 6) is 0.470. The molecule has 0 radical (unpaired) electrons. The van der Waals surface area contributed by atoms with Crippen molar-refractivity contribution in [3.8, 4) is 0 Å². The molecule has 0 bridgehead atoms. The Balaban J connectivity index is 1.53. The van der Waals surface area contributed by atoms with Crippen LogP contribution in [-0.2, 0) is 11.3 Å². The van der Waals surface area contributed by atoms with Gasteiger partial charge in [0.15, 0.2) is 0 Å².